The summed E-state index contributed by atoms with van der Waals surface area (Å²) in [5.41, 5.74) is 1.55. The molecule has 4 fully saturated rings. The second-order valence-electron chi connectivity index (χ2n) is 11.4. The first-order valence-electron chi connectivity index (χ1n) is 13.5. The number of aryl methyl sites for hydroxylation is 1. The molecular weight excluding hydrogens is 586 g/mol. The van der Waals surface area contributed by atoms with Crippen LogP contribution in [0.1, 0.15) is 71.8 Å². The van der Waals surface area contributed by atoms with Gasteiger partial charge in [-0.25, -0.2) is 4.79 Å². The van der Waals surface area contributed by atoms with Crippen molar-refractivity contribution in [3.05, 3.63) is 39.8 Å². The van der Waals surface area contributed by atoms with Gasteiger partial charge in [-0.15, -0.1) is 11.3 Å². The molecule has 4 saturated carbocycles. The van der Waals surface area contributed by atoms with E-state index >= 15 is 0 Å². The quantitative estimate of drug-likeness (QED) is 0.296. The molecule has 10 heteroatoms. The molecule has 4 aliphatic carbocycles. The Hall–Kier alpha value is -2.59. The molecule has 208 valence electrons. The number of carbonyl (C=O) groups is 3. The third-order valence-electron chi connectivity index (χ3n) is 8.52. The molecule has 0 radical (unpaired) electrons. The Bertz CT molecular complexity index is 1320. The fraction of sp³-hybridized carbons (Fsp3) is 0.552. The lowest BCUT2D eigenvalue weighted by Crippen LogP contribution is -2.56. The zero-order chi connectivity index (χ0) is 27.4. The third kappa shape index (κ3) is 5.06. The zero-order valence-electron chi connectivity index (χ0n) is 22.1. The van der Waals surface area contributed by atoms with Gasteiger partial charge in [0.25, 0.3) is 5.91 Å². The van der Waals surface area contributed by atoms with Crippen molar-refractivity contribution in [1.82, 2.24) is 0 Å². The molecule has 0 saturated heterocycles. The molecule has 2 atom stereocenters. The van der Waals surface area contributed by atoms with Crippen molar-refractivity contribution in [3.8, 4) is 11.5 Å². The maximum Gasteiger partial charge on any atom is 0.341 e. The molecule has 1 aliphatic heterocycles. The molecule has 4 bridgehead atoms. The first kappa shape index (κ1) is 26.6. The molecule has 1 aromatic heterocycles. The van der Waals surface area contributed by atoms with E-state index in [0.29, 0.717) is 40.3 Å². The molecule has 2 aromatic rings. The smallest absolute Gasteiger partial charge is 0.341 e. The topological polar surface area (TPSA) is 100 Å². The summed E-state index contributed by atoms with van der Waals surface area (Å²) in [6.45, 7) is 3.66. The second kappa shape index (κ2) is 10.1. The summed E-state index contributed by atoms with van der Waals surface area (Å²) in [5, 5.41) is 3.22. The van der Waals surface area contributed by atoms with Crippen LogP contribution in [0.15, 0.2) is 18.2 Å². The number of fused-ring (bicyclic) bond motifs is 1. The highest BCUT2D eigenvalue weighted by Gasteiger charge is 2.60. The van der Waals surface area contributed by atoms with Gasteiger partial charge in [0.2, 0.25) is 6.79 Å². The van der Waals surface area contributed by atoms with E-state index in [-0.39, 0.29) is 30.3 Å². The summed E-state index contributed by atoms with van der Waals surface area (Å²) in [5.74, 6) is 1.19. The number of hydrogen-bond acceptors (Lipinski definition) is 8. The van der Waals surface area contributed by atoms with Crippen molar-refractivity contribution in [1.29, 1.82) is 0 Å². The highest BCUT2D eigenvalue weighted by molar-refractivity contribution is 9.10. The normalized spacial score (nSPS) is 27.9. The number of alkyl halides is 1. The molecular formula is C29H32BrNO7S. The van der Waals surface area contributed by atoms with Crippen molar-refractivity contribution in [2.24, 2.45) is 17.3 Å². The largest absolute Gasteiger partial charge is 0.462 e. The van der Waals surface area contributed by atoms with Gasteiger partial charge in [-0.3, -0.25) is 9.59 Å². The van der Waals surface area contributed by atoms with Gasteiger partial charge in [0.15, 0.2) is 18.1 Å². The van der Waals surface area contributed by atoms with Crippen LogP contribution in [0, 0.1) is 24.2 Å². The highest BCUT2D eigenvalue weighted by Crippen LogP contribution is 2.64. The minimum atomic E-state index is -0.499. The van der Waals surface area contributed by atoms with E-state index in [1.54, 1.807) is 6.92 Å². The Morgan fingerprint density at radius 2 is 1.85 bits per heavy atom. The Labute approximate surface area is 239 Å². The lowest BCUT2D eigenvalue weighted by Gasteiger charge is -2.58. The lowest BCUT2D eigenvalue weighted by molar-refractivity contribution is -0.170. The fourth-order valence-electron chi connectivity index (χ4n) is 7.39. The Balaban J connectivity index is 1.16. The molecule has 2 heterocycles. The summed E-state index contributed by atoms with van der Waals surface area (Å²) in [6.07, 6.45) is 6.33. The number of nitrogens with one attached hydrogen (secondary N) is 1. The van der Waals surface area contributed by atoms with Crippen LogP contribution in [-0.4, -0.2) is 42.2 Å². The minimum absolute atomic E-state index is 0.0236. The number of esters is 2. The van der Waals surface area contributed by atoms with E-state index in [0.717, 1.165) is 48.1 Å². The summed E-state index contributed by atoms with van der Waals surface area (Å²) >= 11 is 5.24. The molecule has 5 aliphatic rings. The van der Waals surface area contributed by atoms with E-state index in [9.17, 15) is 14.4 Å². The first-order valence-corrected chi connectivity index (χ1v) is 15.1. The van der Waals surface area contributed by atoms with Crippen molar-refractivity contribution < 1.29 is 33.3 Å². The van der Waals surface area contributed by atoms with Gasteiger partial charge < -0.3 is 24.3 Å². The van der Waals surface area contributed by atoms with Crippen molar-refractivity contribution in [3.63, 3.8) is 0 Å². The maximum absolute atomic E-state index is 13.3. The molecule has 39 heavy (non-hydrogen) atoms. The van der Waals surface area contributed by atoms with Crippen LogP contribution < -0.4 is 14.8 Å². The third-order valence-corrected chi connectivity index (χ3v) is 10.5. The van der Waals surface area contributed by atoms with Crippen LogP contribution in [0.4, 0.5) is 5.00 Å². The van der Waals surface area contributed by atoms with Crippen LogP contribution in [0.2, 0.25) is 0 Å². The van der Waals surface area contributed by atoms with E-state index < -0.39 is 17.3 Å². The predicted octanol–water partition coefficient (Wildman–Crippen LogP) is 5.77. The summed E-state index contributed by atoms with van der Waals surface area (Å²) in [6, 6.07) is 5.67. The van der Waals surface area contributed by atoms with E-state index in [2.05, 4.69) is 21.2 Å². The SMILES string of the molecule is CCOC(=O)c1c(NC(=O)COC(=O)C23C[C@H]4C[C@@H](CC(Br)(C4)C2)C3)sc(C)c1Cc1ccc2c(c1)OCO2. The average molecular weight is 619 g/mol. The molecule has 0 spiro atoms. The maximum atomic E-state index is 13.3. The Morgan fingerprint density at radius 1 is 1.10 bits per heavy atom. The van der Waals surface area contributed by atoms with Crippen LogP contribution >= 0.6 is 27.3 Å². The number of hydrogen-bond donors (Lipinski definition) is 1. The number of thiophene rings is 1. The number of benzene rings is 1. The molecule has 8 nitrogen and oxygen atoms in total. The molecule has 1 N–H and O–H groups in total. The van der Waals surface area contributed by atoms with Gasteiger partial charge in [0, 0.05) is 9.20 Å². The van der Waals surface area contributed by atoms with Crippen molar-refractivity contribution >= 4 is 50.1 Å². The number of halogens is 1. The second-order valence-corrected chi connectivity index (χ2v) is 14.3. The number of rotatable bonds is 8. The number of ether oxygens (including phenoxy) is 4. The fourth-order valence-corrected chi connectivity index (χ4v) is 9.92. The highest BCUT2D eigenvalue weighted by atomic mass is 79.9. The molecule has 1 aromatic carbocycles. The average Bonchev–Trinajstić information content (AvgIpc) is 3.45. The summed E-state index contributed by atoms with van der Waals surface area (Å²) in [7, 11) is 0. The Morgan fingerprint density at radius 3 is 2.56 bits per heavy atom. The van der Waals surface area contributed by atoms with Gasteiger partial charge >= 0.3 is 11.9 Å². The summed E-state index contributed by atoms with van der Waals surface area (Å²) in [4.78, 5) is 40.2. The minimum Gasteiger partial charge on any atom is -0.462 e. The number of amides is 1. The van der Waals surface area contributed by atoms with Gasteiger partial charge in [0.1, 0.15) is 5.00 Å². The predicted molar refractivity (Wildman–Crippen MR) is 149 cm³/mol. The molecule has 0 unspecified atom stereocenters. The van der Waals surface area contributed by atoms with E-state index in [1.165, 1.54) is 17.8 Å². The van der Waals surface area contributed by atoms with Crippen LogP contribution in [0.25, 0.3) is 0 Å². The summed E-state index contributed by atoms with van der Waals surface area (Å²) < 4.78 is 21.9. The van der Waals surface area contributed by atoms with Crippen molar-refractivity contribution in [2.45, 2.75) is 63.1 Å². The standard InChI is InChI=1S/C29H32BrNO7S/c1-3-35-26(33)24-20(7-17-4-5-21-22(8-17)38-15-37-21)16(2)39-25(24)31-23(32)13-36-27(34)28-9-18-6-19(10-28)12-29(30,11-18)14-28/h4-5,8,18-19H,3,6-7,9-15H2,1-2H3,(H,31,32)/t18-,19-,28?,29?/m1/s1. The molecule has 1 amide bonds. The Kier molecular flexibility index (Phi) is 6.90. The number of anilines is 1. The van der Waals surface area contributed by atoms with E-state index in [1.807, 2.05) is 25.1 Å². The first-order chi connectivity index (χ1) is 18.7. The van der Waals surface area contributed by atoms with Crippen LogP contribution in [-0.2, 0) is 25.5 Å². The van der Waals surface area contributed by atoms with Crippen LogP contribution in [0.5, 0.6) is 11.5 Å². The monoisotopic (exact) mass is 617 g/mol. The van der Waals surface area contributed by atoms with Crippen molar-refractivity contribution in [2.75, 3.05) is 25.3 Å². The number of carbonyl (C=O) groups excluding carboxylic acids is 3. The van der Waals surface area contributed by atoms with Crippen LogP contribution in [0.3, 0.4) is 0 Å². The lowest BCUT2D eigenvalue weighted by atomic mass is 9.49. The van der Waals surface area contributed by atoms with E-state index in [4.69, 9.17) is 18.9 Å². The zero-order valence-corrected chi connectivity index (χ0v) is 24.5. The van der Waals surface area contributed by atoms with Gasteiger partial charge in [-0.1, -0.05) is 22.0 Å². The van der Waals surface area contributed by atoms with Gasteiger partial charge in [-0.05, 0) is 93.9 Å². The molecule has 7 rings (SSSR count). The van der Waals surface area contributed by atoms with Gasteiger partial charge in [-0.2, -0.15) is 0 Å². The van der Waals surface area contributed by atoms with Gasteiger partial charge in [0.05, 0.1) is 17.6 Å².